The lowest BCUT2D eigenvalue weighted by molar-refractivity contribution is -0.140. The van der Waals surface area contributed by atoms with Crippen molar-refractivity contribution >= 4 is 23.5 Å². The summed E-state index contributed by atoms with van der Waals surface area (Å²) in [5.74, 6) is -1.92. The summed E-state index contributed by atoms with van der Waals surface area (Å²) in [6, 6.07) is 8.76. The number of amides is 1. The van der Waals surface area contributed by atoms with E-state index in [1.165, 1.54) is 22.9 Å². The smallest absolute Gasteiger partial charge is 0.326 e. The number of carbonyl (C=O) groups is 2. The zero-order valence-corrected chi connectivity index (χ0v) is 14.7. The van der Waals surface area contributed by atoms with Crippen molar-refractivity contribution in [2.24, 2.45) is 5.92 Å². The molecule has 1 heterocycles. The second kappa shape index (κ2) is 7.98. The zero-order valence-electron chi connectivity index (χ0n) is 13.9. The molecule has 1 aromatic carbocycles. The Morgan fingerprint density at radius 3 is 2.48 bits per heavy atom. The van der Waals surface area contributed by atoms with E-state index in [0.29, 0.717) is 5.02 Å². The molecule has 1 atom stereocenters. The fourth-order valence-electron chi connectivity index (χ4n) is 2.34. The molecule has 1 amide bonds. The molecule has 0 aliphatic heterocycles. The Kier molecular flexibility index (Phi) is 5.98. The highest BCUT2D eigenvalue weighted by Gasteiger charge is 2.24. The largest absolute Gasteiger partial charge is 0.480 e. The van der Waals surface area contributed by atoms with E-state index < -0.39 is 17.9 Å². The van der Waals surface area contributed by atoms with Crippen LogP contribution in [0.1, 0.15) is 29.8 Å². The summed E-state index contributed by atoms with van der Waals surface area (Å²) in [7, 11) is 0. The van der Waals surface area contributed by atoms with Crippen molar-refractivity contribution in [2.75, 3.05) is 0 Å². The van der Waals surface area contributed by atoms with Crippen LogP contribution in [-0.4, -0.2) is 27.6 Å². The molecule has 0 aliphatic carbocycles. The summed E-state index contributed by atoms with van der Waals surface area (Å²) < 4.78 is 1.36. The monoisotopic (exact) mass is 362 g/mol. The zero-order chi connectivity index (χ0) is 18.6. The van der Waals surface area contributed by atoms with Crippen LogP contribution < -0.4 is 10.9 Å². The number of nitrogens with zero attached hydrogens (tertiary/aromatic N) is 1. The Morgan fingerprint density at radius 2 is 1.88 bits per heavy atom. The van der Waals surface area contributed by atoms with Gasteiger partial charge < -0.3 is 15.0 Å². The predicted molar refractivity (Wildman–Crippen MR) is 95.0 cm³/mol. The van der Waals surface area contributed by atoms with Gasteiger partial charge in [0.2, 0.25) is 0 Å². The molecule has 2 N–H and O–H groups in total. The van der Waals surface area contributed by atoms with Crippen molar-refractivity contribution in [2.45, 2.75) is 26.4 Å². The summed E-state index contributed by atoms with van der Waals surface area (Å²) in [5, 5.41) is 12.2. The van der Waals surface area contributed by atoms with Gasteiger partial charge in [-0.2, -0.15) is 0 Å². The molecule has 1 aromatic heterocycles. The number of aromatic nitrogens is 1. The third-order valence-electron chi connectivity index (χ3n) is 3.76. The van der Waals surface area contributed by atoms with Gasteiger partial charge in [-0.1, -0.05) is 43.6 Å². The minimum Gasteiger partial charge on any atom is -0.480 e. The highest BCUT2D eigenvalue weighted by molar-refractivity contribution is 6.31. The van der Waals surface area contributed by atoms with Crippen LogP contribution in [0, 0.1) is 5.92 Å². The number of aliphatic carboxylic acids is 1. The normalized spacial score (nSPS) is 12.0. The van der Waals surface area contributed by atoms with E-state index in [9.17, 15) is 19.5 Å². The molecule has 0 saturated carbocycles. The van der Waals surface area contributed by atoms with Gasteiger partial charge in [-0.25, -0.2) is 4.79 Å². The van der Waals surface area contributed by atoms with E-state index in [-0.39, 0.29) is 23.6 Å². The number of rotatable bonds is 6. The van der Waals surface area contributed by atoms with Crippen LogP contribution in [0.2, 0.25) is 5.02 Å². The molecule has 2 aromatic rings. The summed E-state index contributed by atoms with van der Waals surface area (Å²) in [6.45, 7) is 3.63. The number of carboxylic acid groups (broad SMARTS) is 1. The van der Waals surface area contributed by atoms with Crippen LogP contribution in [-0.2, 0) is 11.3 Å². The van der Waals surface area contributed by atoms with Crippen LogP contribution in [0.5, 0.6) is 0 Å². The van der Waals surface area contributed by atoms with Gasteiger partial charge in [-0.05, 0) is 23.6 Å². The van der Waals surface area contributed by atoms with Crippen molar-refractivity contribution in [3.63, 3.8) is 0 Å². The molecule has 0 fully saturated rings. The topological polar surface area (TPSA) is 88.4 Å². The van der Waals surface area contributed by atoms with E-state index in [4.69, 9.17) is 11.6 Å². The number of hydrogen-bond acceptors (Lipinski definition) is 3. The van der Waals surface area contributed by atoms with Crippen molar-refractivity contribution in [3.05, 3.63) is 69.1 Å². The van der Waals surface area contributed by atoms with E-state index in [2.05, 4.69) is 5.32 Å². The molecule has 0 radical (unpaired) electrons. The summed E-state index contributed by atoms with van der Waals surface area (Å²) in [5.41, 5.74) is 0.670. The van der Waals surface area contributed by atoms with E-state index in [1.54, 1.807) is 32.0 Å². The number of halogens is 1. The minimum atomic E-state index is -1.10. The summed E-state index contributed by atoms with van der Waals surface area (Å²) in [6.07, 6.45) is 1.40. The second-order valence-corrected chi connectivity index (χ2v) is 6.42. The van der Waals surface area contributed by atoms with Crippen molar-refractivity contribution in [3.8, 4) is 0 Å². The average molecular weight is 363 g/mol. The quantitative estimate of drug-likeness (QED) is 0.825. The van der Waals surface area contributed by atoms with Gasteiger partial charge in [0.15, 0.2) is 0 Å². The number of hydrogen-bond donors (Lipinski definition) is 2. The highest BCUT2D eigenvalue weighted by Crippen LogP contribution is 2.15. The van der Waals surface area contributed by atoms with Crippen molar-refractivity contribution in [1.82, 2.24) is 9.88 Å². The molecule has 0 unspecified atom stereocenters. The first kappa shape index (κ1) is 18.7. The Balaban J connectivity index is 2.26. The first-order valence-electron chi connectivity index (χ1n) is 7.77. The van der Waals surface area contributed by atoms with Gasteiger partial charge >= 0.3 is 5.97 Å². The van der Waals surface area contributed by atoms with E-state index >= 15 is 0 Å². The van der Waals surface area contributed by atoms with Crippen LogP contribution in [0.3, 0.4) is 0 Å². The predicted octanol–water partition coefficient (Wildman–Crippen LogP) is 2.39. The Hall–Kier alpha value is -2.60. The van der Waals surface area contributed by atoms with Gasteiger partial charge in [-0.3, -0.25) is 9.59 Å². The molecule has 132 valence electrons. The Morgan fingerprint density at radius 1 is 1.20 bits per heavy atom. The van der Waals surface area contributed by atoms with Gasteiger partial charge in [-0.15, -0.1) is 0 Å². The number of carbonyl (C=O) groups excluding carboxylic acids is 1. The maximum absolute atomic E-state index is 12.3. The SMILES string of the molecule is CC(C)[C@H](NC(=O)c1ccc(=O)n(Cc2ccccc2Cl)c1)C(=O)O. The lowest BCUT2D eigenvalue weighted by Gasteiger charge is -2.18. The molecule has 7 heteroatoms. The number of pyridine rings is 1. The molecular formula is C18H19ClN2O4. The fourth-order valence-corrected chi connectivity index (χ4v) is 2.53. The van der Waals surface area contributed by atoms with E-state index in [1.807, 2.05) is 6.07 Å². The number of benzene rings is 1. The molecule has 6 nitrogen and oxygen atoms in total. The number of nitrogens with one attached hydrogen (secondary N) is 1. The average Bonchev–Trinajstić information content (AvgIpc) is 2.55. The summed E-state index contributed by atoms with van der Waals surface area (Å²) in [4.78, 5) is 35.6. The van der Waals surface area contributed by atoms with Gasteiger partial charge in [0.05, 0.1) is 12.1 Å². The van der Waals surface area contributed by atoms with Crippen LogP contribution in [0.4, 0.5) is 0 Å². The molecule has 2 rings (SSSR count). The van der Waals surface area contributed by atoms with Gasteiger partial charge in [0, 0.05) is 17.3 Å². The lowest BCUT2D eigenvalue weighted by atomic mass is 10.0. The fraction of sp³-hybridized carbons (Fsp3) is 0.278. The molecule has 0 aliphatic rings. The highest BCUT2D eigenvalue weighted by atomic mass is 35.5. The first-order valence-corrected chi connectivity index (χ1v) is 8.15. The van der Waals surface area contributed by atoms with Crippen LogP contribution in [0.25, 0.3) is 0 Å². The second-order valence-electron chi connectivity index (χ2n) is 6.01. The first-order chi connectivity index (χ1) is 11.8. The van der Waals surface area contributed by atoms with Crippen molar-refractivity contribution < 1.29 is 14.7 Å². The third-order valence-corrected chi connectivity index (χ3v) is 4.13. The van der Waals surface area contributed by atoms with Crippen molar-refractivity contribution in [1.29, 1.82) is 0 Å². The minimum absolute atomic E-state index is 0.207. The van der Waals surface area contributed by atoms with Crippen LogP contribution >= 0.6 is 11.6 Å². The van der Waals surface area contributed by atoms with E-state index in [0.717, 1.165) is 5.56 Å². The molecular weight excluding hydrogens is 344 g/mol. The Bertz CT molecular complexity index is 845. The maximum Gasteiger partial charge on any atom is 0.326 e. The molecule has 0 spiro atoms. The van der Waals surface area contributed by atoms with Gasteiger partial charge in [0.1, 0.15) is 6.04 Å². The van der Waals surface area contributed by atoms with Crippen LogP contribution in [0.15, 0.2) is 47.4 Å². The number of carboxylic acids is 1. The maximum atomic E-state index is 12.3. The molecule has 0 saturated heterocycles. The van der Waals surface area contributed by atoms with Gasteiger partial charge in [0.25, 0.3) is 11.5 Å². The Labute approximate surface area is 150 Å². The third kappa shape index (κ3) is 4.70. The molecule has 25 heavy (non-hydrogen) atoms. The lowest BCUT2D eigenvalue weighted by Crippen LogP contribution is -2.44. The standard InChI is InChI=1S/C18H19ClN2O4/c1-11(2)16(18(24)25)20-17(23)13-7-8-15(22)21(10-13)9-12-5-3-4-6-14(12)19/h3-8,10-11,16H,9H2,1-2H3,(H,20,23)(H,24,25)/t16-/m0/s1. The molecule has 0 bridgehead atoms. The summed E-state index contributed by atoms with van der Waals surface area (Å²) >= 11 is 6.11.